The molecule has 0 aromatic heterocycles. The van der Waals surface area contributed by atoms with Crippen LogP contribution in [0.1, 0.15) is 21.5 Å². The van der Waals surface area contributed by atoms with Gasteiger partial charge in [0.2, 0.25) is 5.84 Å². The molecule has 0 atom stereocenters. The molecule has 42 heavy (non-hydrogen) atoms. The highest BCUT2D eigenvalue weighted by molar-refractivity contribution is 7.86. The zero-order valence-corrected chi connectivity index (χ0v) is 23.2. The van der Waals surface area contributed by atoms with Crippen LogP contribution in [0.4, 0.5) is 11.4 Å². The summed E-state index contributed by atoms with van der Waals surface area (Å²) >= 11 is 0. The summed E-state index contributed by atoms with van der Waals surface area (Å²) in [6, 6.07) is 12.3. The van der Waals surface area contributed by atoms with Gasteiger partial charge >= 0.3 is 16.4 Å². The molecule has 0 bridgehead atoms. The summed E-state index contributed by atoms with van der Waals surface area (Å²) in [5, 5.41) is 31.6. The van der Waals surface area contributed by atoms with Gasteiger partial charge in [-0.15, -0.1) is 10.2 Å². The predicted molar refractivity (Wildman–Crippen MR) is 143 cm³/mol. The smallest absolute Gasteiger partial charge is 0.397 e. The van der Waals surface area contributed by atoms with E-state index < -0.39 is 70.0 Å². The normalized spacial score (nSPS) is 12.9. The third-order valence-corrected chi connectivity index (χ3v) is 7.28. The molecule has 0 saturated heterocycles. The van der Waals surface area contributed by atoms with Crippen molar-refractivity contribution in [2.24, 2.45) is 15.3 Å². The number of aromatic carboxylic acids is 1. The molecule has 20 heteroatoms. The molecule has 0 saturated carbocycles. The molecule has 0 amide bonds. The van der Waals surface area contributed by atoms with Crippen LogP contribution in [-0.2, 0) is 41.2 Å². The highest BCUT2D eigenvalue weighted by Gasteiger charge is 2.21. The van der Waals surface area contributed by atoms with E-state index in [1.54, 1.807) is 18.2 Å². The van der Waals surface area contributed by atoms with Gasteiger partial charge in [-0.05, 0) is 42.3 Å². The molecule has 3 aromatic rings. The molecule has 0 heterocycles. The van der Waals surface area contributed by atoms with Gasteiger partial charge < -0.3 is 10.2 Å². The third-order valence-electron chi connectivity index (χ3n) is 5.10. The minimum absolute atomic E-state index is 0.00897. The van der Waals surface area contributed by atoms with E-state index in [1.165, 1.54) is 12.1 Å². The molecule has 0 spiro atoms. The highest BCUT2D eigenvalue weighted by atomic mass is 32.3. The monoisotopic (exact) mass is 644 g/mol. The second-order valence-corrected chi connectivity index (χ2v) is 11.9. The molecule has 17 nitrogen and oxygen atoms in total. The Kier molecular flexibility index (Phi) is 9.73. The van der Waals surface area contributed by atoms with Crippen LogP contribution < -0.4 is 5.43 Å². The maximum atomic E-state index is 11.8. The number of amidine groups is 1. The Balaban J connectivity index is 2.07. The molecule has 3 aromatic carbocycles. The van der Waals surface area contributed by atoms with Crippen LogP contribution in [0.2, 0.25) is 0 Å². The zero-order chi connectivity index (χ0) is 31.3. The first-order valence-electron chi connectivity index (χ1n) is 11.1. The van der Waals surface area contributed by atoms with Crippen molar-refractivity contribution in [2.75, 3.05) is 12.0 Å². The maximum absolute atomic E-state index is 11.8. The number of anilines is 1. The van der Waals surface area contributed by atoms with Crippen molar-refractivity contribution in [3.8, 4) is 5.75 Å². The Bertz CT molecular complexity index is 1890. The molecular weight excluding hydrogens is 624 g/mol. The Morgan fingerprint density at radius 2 is 1.55 bits per heavy atom. The van der Waals surface area contributed by atoms with Crippen molar-refractivity contribution in [2.45, 2.75) is 16.2 Å². The van der Waals surface area contributed by atoms with Gasteiger partial charge in [-0.2, -0.15) is 30.4 Å². The predicted octanol–water partition coefficient (Wildman–Crippen LogP) is 2.50. The van der Waals surface area contributed by atoms with Gasteiger partial charge in [0.05, 0.1) is 22.8 Å². The molecule has 0 unspecified atom stereocenters. The van der Waals surface area contributed by atoms with Gasteiger partial charge in [-0.3, -0.25) is 19.1 Å². The van der Waals surface area contributed by atoms with Crippen LogP contribution in [0, 0.1) is 0 Å². The zero-order valence-electron chi connectivity index (χ0n) is 20.8. The number of hydrogen-bond donors (Lipinski definition) is 6. The van der Waals surface area contributed by atoms with Gasteiger partial charge in [0.15, 0.2) is 5.75 Å². The number of rotatable bonds is 11. The SMILES string of the molecule is O=C(O)c1cc(S(=O)(=O)O)ccc1N=N/C(=N/Nc1cc(CCOS(=O)(=O)O)cc(S(=O)(=O)O)c1O)c1ccccc1. The summed E-state index contributed by atoms with van der Waals surface area (Å²) in [5.74, 6) is -2.85. The first kappa shape index (κ1) is 32.2. The van der Waals surface area contributed by atoms with Crippen molar-refractivity contribution < 1.29 is 58.1 Å². The number of hydrogen-bond acceptors (Lipinski definition) is 12. The fourth-order valence-corrected chi connectivity index (χ4v) is 4.69. The van der Waals surface area contributed by atoms with E-state index >= 15 is 0 Å². The van der Waals surface area contributed by atoms with Crippen molar-refractivity contribution in [3.05, 3.63) is 77.4 Å². The number of aromatic hydroxyl groups is 1. The second kappa shape index (κ2) is 12.7. The second-order valence-electron chi connectivity index (χ2n) is 8.04. The number of benzene rings is 3. The lowest BCUT2D eigenvalue weighted by Crippen LogP contribution is -2.08. The fraction of sp³-hybridized carbons (Fsp3) is 0.0909. The van der Waals surface area contributed by atoms with Crippen molar-refractivity contribution in [3.63, 3.8) is 0 Å². The number of carbonyl (C=O) groups is 1. The maximum Gasteiger partial charge on any atom is 0.397 e. The topological polar surface area (TPSA) is 279 Å². The standard InChI is InChI=1S/C22H20N4O13S3/c27-20-18(10-13(8-9-39-42(36,37)38)11-19(20)41(33,34)35)24-26-21(14-4-2-1-3-5-14)25-23-17-7-6-15(40(30,31)32)12-16(17)22(28)29/h1-7,10-12,24,27H,8-9H2,(H,28,29)(H,30,31,32)(H,33,34,35)(H,36,37,38)/b25-23?,26-21+. The molecule has 224 valence electrons. The number of phenols is 1. The summed E-state index contributed by atoms with van der Waals surface area (Å²) < 4.78 is 99.7. The number of phenolic OH excluding ortho intramolecular Hbond substituents is 1. The lowest BCUT2D eigenvalue weighted by atomic mass is 10.1. The molecule has 0 radical (unpaired) electrons. The van der Waals surface area contributed by atoms with Gasteiger partial charge in [0, 0.05) is 5.56 Å². The molecule has 0 aliphatic carbocycles. The first-order valence-corrected chi connectivity index (χ1v) is 15.3. The molecule has 3 rings (SSSR count). The van der Waals surface area contributed by atoms with Gasteiger partial charge in [0.25, 0.3) is 20.2 Å². The van der Waals surface area contributed by atoms with E-state index in [2.05, 4.69) is 24.9 Å². The van der Waals surface area contributed by atoms with Crippen LogP contribution in [0.5, 0.6) is 5.75 Å². The van der Waals surface area contributed by atoms with Crippen LogP contribution in [0.15, 0.2) is 85.8 Å². The highest BCUT2D eigenvalue weighted by Crippen LogP contribution is 2.33. The van der Waals surface area contributed by atoms with Gasteiger partial charge in [-0.1, -0.05) is 30.3 Å². The summed E-state index contributed by atoms with van der Waals surface area (Å²) in [5.41, 5.74) is 1.24. The molecule has 0 aliphatic rings. The number of carboxylic acids is 1. The summed E-state index contributed by atoms with van der Waals surface area (Å²) in [6.45, 7) is -0.636. The Labute approximate surface area is 238 Å². The summed E-state index contributed by atoms with van der Waals surface area (Å²) in [6.07, 6.45) is -0.316. The number of nitrogens with zero attached hydrogens (tertiary/aromatic N) is 3. The van der Waals surface area contributed by atoms with E-state index in [-0.39, 0.29) is 29.1 Å². The van der Waals surface area contributed by atoms with Crippen molar-refractivity contribution >= 4 is 53.8 Å². The van der Waals surface area contributed by atoms with Crippen LogP contribution in [-0.4, -0.2) is 67.5 Å². The van der Waals surface area contributed by atoms with E-state index in [1.807, 2.05) is 0 Å². The minimum Gasteiger partial charge on any atom is -0.504 e. The largest absolute Gasteiger partial charge is 0.504 e. The number of azo groups is 1. The minimum atomic E-state index is -5.00. The average Bonchev–Trinajstić information content (AvgIpc) is 2.88. The number of hydrazone groups is 1. The Morgan fingerprint density at radius 3 is 2.12 bits per heavy atom. The molecule has 6 N–H and O–H groups in total. The van der Waals surface area contributed by atoms with Gasteiger partial charge in [-0.25, -0.2) is 8.98 Å². The van der Waals surface area contributed by atoms with Crippen LogP contribution in [0.3, 0.4) is 0 Å². The lowest BCUT2D eigenvalue weighted by molar-refractivity contribution is 0.0697. The van der Waals surface area contributed by atoms with Crippen LogP contribution in [0.25, 0.3) is 0 Å². The van der Waals surface area contributed by atoms with Gasteiger partial charge in [0.1, 0.15) is 10.6 Å². The summed E-state index contributed by atoms with van der Waals surface area (Å²) in [7, 11) is -14.5. The first-order chi connectivity index (χ1) is 19.5. The summed E-state index contributed by atoms with van der Waals surface area (Å²) in [4.78, 5) is 9.99. The van der Waals surface area contributed by atoms with Crippen molar-refractivity contribution in [1.82, 2.24) is 0 Å². The third kappa shape index (κ3) is 8.84. The van der Waals surface area contributed by atoms with E-state index in [9.17, 15) is 49.4 Å². The molecular formula is C22H20N4O13S3. The lowest BCUT2D eigenvalue weighted by Gasteiger charge is -2.11. The van der Waals surface area contributed by atoms with Crippen molar-refractivity contribution in [1.29, 1.82) is 0 Å². The average molecular weight is 645 g/mol. The number of nitrogens with one attached hydrogen (secondary N) is 1. The Morgan fingerprint density at radius 1 is 0.881 bits per heavy atom. The quantitative estimate of drug-likeness (QED) is 0.0437. The van der Waals surface area contributed by atoms with E-state index in [0.717, 1.165) is 24.3 Å². The Hall–Kier alpha value is -4.31. The van der Waals surface area contributed by atoms with E-state index in [4.69, 9.17) is 4.55 Å². The number of carboxylic acid groups (broad SMARTS) is 1. The molecule has 0 fully saturated rings. The van der Waals surface area contributed by atoms with E-state index in [0.29, 0.717) is 6.07 Å². The molecule has 0 aliphatic heterocycles. The van der Waals surface area contributed by atoms with Crippen LogP contribution >= 0.6 is 0 Å². The fourth-order valence-electron chi connectivity index (χ4n) is 3.24.